The molecule has 0 saturated carbocycles. The lowest BCUT2D eigenvalue weighted by atomic mass is 10.2. The molecule has 8 heteroatoms. The summed E-state index contributed by atoms with van der Waals surface area (Å²) in [5, 5.41) is 1.79. The third kappa shape index (κ3) is 4.46. The Morgan fingerprint density at radius 3 is 2.81 bits per heavy atom. The van der Waals surface area contributed by atoms with Crippen LogP contribution in [0.25, 0.3) is 10.2 Å². The number of nitrogens with one attached hydrogen (secondary N) is 1. The van der Waals surface area contributed by atoms with Crippen LogP contribution in [-0.2, 0) is 11.3 Å². The Kier molecular flexibility index (Phi) is 6.08. The number of carbonyl (C=O) groups is 1. The van der Waals surface area contributed by atoms with Crippen LogP contribution in [0.3, 0.4) is 0 Å². The molecule has 0 spiro atoms. The lowest BCUT2D eigenvalue weighted by Gasteiger charge is -2.12. The molecule has 27 heavy (non-hydrogen) atoms. The van der Waals surface area contributed by atoms with Gasteiger partial charge in [-0.25, -0.2) is 9.78 Å². The van der Waals surface area contributed by atoms with Crippen molar-refractivity contribution in [2.45, 2.75) is 26.9 Å². The molecule has 0 unspecified atom stereocenters. The summed E-state index contributed by atoms with van der Waals surface area (Å²) in [5.74, 6) is 0.842. The lowest BCUT2D eigenvalue weighted by molar-refractivity contribution is 0.0461. The van der Waals surface area contributed by atoms with Crippen molar-refractivity contribution < 1.29 is 19.0 Å². The SMILES string of the molecule is CCCOc1ccc(C(=O)OCc2nc3ccsc3c(=O)[nH]2)cc1OCC. The number of aromatic nitrogens is 2. The molecule has 1 aromatic carbocycles. The Labute approximate surface area is 159 Å². The van der Waals surface area contributed by atoms with E-state index in [4.69, 9.17) is 14.2 Å². The van der Waals surface area contributed by atoms with Gasteiger partial charge in [0.1, 0.15) is 17.1 Å². The van der Waals surface area contributed by atoms with Crippen LogP contribution in [0.2, 0.25) is 0 Å². The zero-order valence-electron chi connectivity index (χ0n) is 15.1. The Balaban J connectivity index is 1.72. The summed E-state index contributed by atoms with van der Waals surface area (Å²) in [6.07, 6.45) is 0.870. The maximum Gasteiger partial charge on any atom is 0.338 e. The number of rotatable bonds is 8. The summed E-state index contributed by atoms with van der Waals surface area (Å²) in [6.45, 7) is 4.76. The summed E-state index contributed by atoms with van der Waals surface area (Å²) in [6, 6.07) is 6.65. The van der Waals surface area contributed by atoms with Gasteiger partial charge in [-0.05, 0) is 43.0 Å². The molecular formula is C19H20N2O5S. The van der Waals surface area contributed by atoms with Crippen LogP contribution >= 0.6 is 11.3 Å². The van der Waals surface area contributed by atoms with Gasteiger partial charge in [0.25, 0.3) is 5.56 Å². The summed E-state index contributed by atoms with van der Waals surface area (Å²) >= 11 is 1.32. The van der Waals surface area contributed by atoms with Crippen molar-refractivity contribution in [1.82, 2.24) is 9.97 Å². The molecule has 3 rings (SSSR count). The van der Waals surface area contributed by atoms with Crippen LogP contribution in [0.4, 0.5) is 0 Å². The van der Waals surface area contributed by atoms with Crippen molar-refractivity contribution >= 4 is 27.5 Å². The highest BCUT2D eigenvalue weighted by Gasteiger charge is 2.14. The summed E-state index contributed by atoms with van der Waals surface area (Å²) in [7, 11) is 0. The number of esters is 1. The van der Waals surface area contributed by atoms with E-state index < -0.39 is 5.97 Å². The van der Waals surface area contributed by atoms with Crippen LogP contribution in [0, 0.1) is 0 Å². The number of aromatic amines is 1. The fourth-order valence-corrected chi connectivity index (χ4v) is 3.17. The van der Waals surface area contributed by atoms with Crippen molar-refractivity contribution in [3.8, 4) is 11.5 Å². The quantitative estimate of drug-likeness (QED) is 0.594. The topological polar surface area (TPSA) is 90.5 Å². The fourth-order valence-electron chi connectivity index (χ4n) is 2.44. The van der Waals surface area contributed by atoms with Gasteiger partial charge in [-0.2, -0.15) is 0 Å². The first-order valence-corrected chi connectivity index (χ1v) is 9.53. The fraction of sp³-hybridized carbons (Fsp3) is 0.316. The molecule has 1 N–H and O–H groups in total. The van der Waals surface area contributed by atoms with Crippen LogP contribution in [0.5, 0.6) is 11.5 Å². The van der Waals surface area contributed by atoms with Crippen LogP contribution in [0.1, 0.15) is 36.5 Å². The molecule has 0 bridgehead atoms. The van der Waals surface area contributed by atoms with E-state index in [2.05, 4.69) is 9.97 Å². The van der Waals surface area contributed by atoms with E-state index >= 15 is 0 Å². The van der Waals surface area contributed by atoms with Gasteiger partial charge >= 0.3 is 5.97 Å². The molecule has 0 amide bonds. The van der Waals surface area contributed by atoms with E-state index in [1.807, 2.05) is 13.8 Å². The zero-order valence-corrected chi connectivity index (χ0v) is 15.9. The van der Waals surface area contributed by atoms with E-state index in [0.29, 0.717) is 46.3 Å². The Bertz CT molecular complexity index is 995. The van der Waals surface area contributed by atoms with Gasteiger partial charge in [0.15, 0.2) is 11.5 Å². The van der Waals surface area contributed by atoms with Gasteiger partial charge in [-0.15, -0.1) is 11.3 Å². The molecule has 7 nitrogen and oxygen atoms in total. The second-order valence-corrected chi connectivity index (χ2v) is 6.58. The molecule has 2 aromatic heterocycles. The first-order valence-electron chi connectivity index (χ1n) is 8.65. The number of thiophene rings is 1. The monoisotopic (exact) mass is 388 g/mol. The second-order valence-electron chi connectivity index (χ2n) is 5.67. The van der Waals surface area contributed by atoms with Gasteiger partial charge in [0.2, 0.25) is 0 Å². The maximum atomic E-state index is 12.4. The van der Waals surface area contributed by atoms with Crippen LogP contribution < -0.4 is 15.0 Å². The lowest BCUT2D eigenvalue weighted by Crippen LogP contribution is -2.13. The molecule has 2 heterocycles. The first kappa shape index (κ1) is 18.9. The Morgan fingerprint density at radius 1 is 1.19 bits per heavy atom. The molecule has 0 fully saturated rings. The number of nitrogens with zero attached hydrogens (tertiary/aromatic N) is 1. The highest BCUT2D eigenvalue weighted by Crippen LogP contribution is 2.29. The van der Waals surface area contributed by atoms with Crippen LogP contribution in [-0.4, -0.2) is 29.2 Å². The number of carbonyl (C=O) groups excluding carboxylic acids is 1. The summed E-state index contributed by atoms with van der Waals surface area (Å²) in [4.78, 5) is 31.2. The first-order chi connectivity index (χ1) is 13.1. The van der Waals surface area contributed by atoms with E-state index in [9.17, 15) is 9.59 Å². The molecule has 0 aliphatic rings. The minimum atomic E-state index is -0.536. The highest BCUT2D eigenvalue weighted by molar-refractivity contribution is 7.17. The third-order valence-electron chi connectivity index (χ3n) is 3.64. The van der Waals surface area contributed by atoms with Gasteiger partial charge in [-0.3, -0.25) is 4.79 Å². The van der Waals surface area contributed by atoms with Crippen molar-refractivity contribution in [2.75, 3.05) is 13.2 Å². The predicted octanol–water partition coefficient (Wildman–Crippen LogP) is 3.53. The van der Waals surface area contributed by atoms with Crippen LogP contribution in [0.15, 0.2) is 34.4 Å². The predicted molar refractivity (Wildman–Crippen MR) is 103 cm³/mol. The molecule has 0 radical (unpaired) electrons. The molecule has 142 valence electrons. The van der Waals surface area contributed by atoms with Gasteiger partial charge < -0.3 is 19.2 Å². The normalized spacial score (nSPS) is 10.7. The minimum Gasteiger partial charge on any atom is -0.490 e. The number of fused-ring (bicyclic) bond motifs is 1. The molecule has 0 aliphatic heterocycles. The van der Waals surface area contributed by atoms with Gasteiger partial charge in [-0.1, -0.05) is 6.92 Å². The third-order valence-corrected chi connectivity index (χ3v) is 4.55. The number of hydrogen-bond donors (Lipinski definition) is 1. The molecular weight excluding hydrogens is 368 g/mol. The zero-order chi connectivity index (χ0) is 19.2. The maximum absolute atomic E-state index is 12.4. The number of H-pyrrole nitrogens is 1. The average Bonchev–Trinajstić information content (AvgIpc) is 3.14. The highest BCUT2D eigenvalue weighted by atomic mass is 32.1. The Hall–Kier alpha value is -2.87. The van der Waals surface area contributed by atoms with E-state index in [1.165, 1.54) is 11.3 Å². The van der Waals surface area contributed by atoms with Crippen molar-refractivity contribution in [1.29, 1.82) is 0 Å². The minimum absolute atomic E-state index is 0.127. The molecule has 0 aliphatic carbocycles. The second kappa shape index (κ2) is 8.68. The summed E-state index contributed by atoms with van der Waals surface area (Å²) in [5.41, 5.74) is 0.684. The van der Waals surface area contributed by atoms with E-state index in [1.54, 1.807) is 29.6 Å². The number of hydrogen-bond acceptors (Lipinski definition) is 7. The smallest absolute Gasteiger partial charge is 0.338 e. The van der Waals surface area contributed by atoms with Crippen molar-refractivity contribution in [3.05, 3.63) is 51.4 Å². The average molecular weight is 388 g/mol. The van der Waals surface area contributed by atoms with Crippen molar-refractivity contribution in [2.24, 2.45) is 0 Å². The standard InChI is InChI=1S/C19H20N2O5S/c1-3-8-25-14-6-5-12(10-15(14)24-4-2)19(23)26-11-16-20-13-7-9-27-17(13)18(22)21-16/h5-7,9-10H,3-4,8,11H2,1-2H3,(H,20,21,22). The largest absolute Gasteiger partial charge is 0.490 e. The van der Waals surface area contributed by atoms with Crippen molar-refractivity contribution in [3.63, 3.8) is 0 Å². The molecule has 0 atom stereocenters. The Morgan fingerprint density at radius 2 is 2.04 bits per heavy atom. The van der Waals surface area contributed by atoms with Gasteiger partial charge in [0, 0.05) is 0 Å². The number of benzene rings is 1. The molecule has 0 saturated heterocycles. The number of ether oxygens (including phenoxy) is 3. The summed E-state index contributed by atoms with van der Waals surface area (Å²) < 4.78 is 17.0. The molecule has 3 aromatic rings. The van der Waals surface area contributed by atoms with E-state index in [-0.39, 0.29) is 12.2 Å². The van der Waals surface area contributed by atoms with Gasteiger partial charge in [0.05, 0.1) is 24.3 Å². The van der Waals surface area contributed by atoms with E-state index in [0.717, 1.165) is 6.42 Å².